The Morgan fingerprint density at radius 3 is 2.53 bits per heavy atom. The molecule has 0 saturated carbocycles. The van der Waals surface area contributed by atoms with E-state index in [1.54, 1.807) is 11.3 Å². The van der Waals surface area contributed by atoms with Crippen molar-refractivity contribution in [3.05, 3.63) is 44.7 Å². The van der Waals surface area contributed by atoms with Gasteiger partial charge in [-0.25, -0.2) is 0 Å². The van der Waals surface area contributed by atoms with E-state index in [0.717, 1.165) is 21.6 Å². The Bertz CT molecular complexity index is 669. The Labute approximate surface area is 117 Å². The third-order valence-corrected chi connectivity index (χ3v) is 4.13. The van der Waals surface area contributed by atoms with Crippen LogP contribution in [0, 0.1) is 35.5 Å². The van der Waals surface area contributed by atoms with Gasteiger partial charge in [-0.2, -0.15) is 10.5 Å². The zero-order chi connectivity index (χ0) is 14.0. The van der Waals surface area contributed by atoms with Crippen molar-refractivity contribution in [3.63, 3.8) is 0 Å². The van der Waals surface area contributed by atoms with E-state index in [9.17, 15) is 10.5 Å². The number of nitriles is 2. The quantitative estimate of drug-likeness (QED) is 0.704. The van der Waals surface area contributed by atoms with E-state index >= 15 is 0 Å². The van der Waals surface area contributed by atoms with E-state index in [2.05, 4.69) is 19.9 Å². The van der Waals surface area contributed by atoms with Crippen molar-refractivity contribution in [2.24, 2.45) is 5.92 Å². The highest BCUT2D eigenvalue weighted by Crippen LogP contribution is 2.40. The second-order valence-electron chi connectivity index (χ2n) is 4.75. The highest BCUT2D eigenvalue weighted by molar-refractivity contribution is 7.13. The minimum absolute atomic E-state index is 0.201. The van der Waals surface area contributed by atoms with E-state index < -0.39 is 0 Å². The maximum atomic E-state index is 9.23. The summed E-state index contributed by atoms with van der Waals surface area (Å²) in [5, 5.41) is 18.5. The molecule has 0 amide bonds. The Hall–Kier alpha value is -2.10. The number of aryl methyl sites for hydroxylation is 1. The molecule has 0 aromatic carbocycles. The predicted octanol–water partition coefficient (Wildman–Crippen LogP) is 4.47. The smallest absolute Gasteiger partial charge is 0.138 e. The van der Waals surface area contributed by atoms with Crippen LogP contribution in [0.1, 0.15) is 29.2 Å². The van der Waals surface area contributed by atoms with Crippen LogP contribution >= 0.6 is 11.3 Å². The molecule has 1 heterocycles. The first kappa shape index (κ1) is 13.3. The third kappa shape index (κ3) is 2.38. The molecule has 0 radical (unpaired) electrons. The van der Waals surface area contributed by atoms with Gasteiger partial charge in [0.2, 0.25) is 0 Å². The molecule has 0 unspecified atom stereocenters. The van der Waals surface area contributed by atoms with E-state index in [1.807, 2.05) is 37.3 Å². The summed E-state index contributed by atoms with van der Waals surface area (Å²) in [7, 11) is 0. The van der Waals surface area contributed by atoms with Crippen LogP contribution in [0.15, 0.2) is 29.4 Å². The normalized spacial score (nSPS) is 13.4. The molecule has 2 nitrogen and oxygen atoms in total. The van der Waals surface area contributed by atoms with Gasteiger partial charge < -0.3 is 0 Å². The second kappa shape index (κ2) is 5.26. The lowest BCUT2D eigenvalue weighted by Gasteiger charge is -2.14. The molecule has 1 aliphatic carbocycles. The minimum Gasteiger partial charge on any atom is -0.192 e. The lowest BCUT2D eigenvalue weighted by molar-refractivity contribution is 0.797. The zero-order valence-corrected chi connectivity index (χ0v) is 12.0. The van der Waals surface area contributed by atoms with Gasteiger partial charge in [0.15, 0.2) is 0 Å². The molecule has 1 aliphatic rings. The highest BCUT2D eigenvalue weighted by atomic mass is 32.1. The van der Waals surface area contributed by atoms with Crippen LogP contribution in [0.4, 0.5) is 0 Å². The van der Waals surface area contributed by atoms with Crippen LogP contribution in [0.3, 0.4) is 0 Å². The van der Waals surface area contributed by atoms with Crippen molar-refractivity contribution in [2.75, 3.05) is 0 Å². The van der Waals surface area contributed by atoms with Crippen LogP contribution in [-0.4, -0.2) is 0 Å². The molecule has 19 heavy (non-hydrogen) atoms. The average Bonchev–Trinajstić information content (AvgIpc) is 2.64. The number of fused-ring (bicyclic) bond motifs is 1. The first-order chi connectivity index (χ1) is 9.08. The first-order valence-electron chi connectivity index (χ1n) is 6.12. The SMILES string of the molecule is Cc1cc2c(s1)C(=C(C#N)C#N)C(C(C)C)=CC=C2. The molecule has 94 valence electrons. The van der Waals surface area contributed by atoms with Crippen molar-refractivity contribution in [1.82, 2.24) is 0 Å². The summed E-state index contributed by atoms with van der Waals surface area (Å²) in [4.78, 5) is 2.22. The molecular weight excluding hydrogens is 252 g/mol. The molecule has 0 bridgehead atoms. The molecule has 0 aliphatic heterocycles. The standard InChI is InChI=1S/C16H14N2S/c1-10(2)14-6-4-5-12-7-11(3)19-16(12)15(14)13(8-17)9-18/h4-7,10H,1-3H3. The monoisotopic (exact) mass is 266 g/mol. The Morgan fingerprint density at radius 2 is 1.95 bits per heavy atom. The average molecular weight is 266 g/mol. The maximum absolute atomic E-state index is 9.23. The fourth-order valence-corrected chi connectivity index (χ4v) is 3.27. The van der Waals surface area contributed by atoms with E-state index in [1.165, 1.54) is 4.88 Å². The molecule has 1 aromatic rings. The molecular formula is C16H14N2S. The van der Waals surface area contributed by atoms with Crippen LogP contribution in [0.25, 0.3) is 11.6 Å². The number of hydrogen-bond acceptors (Lipinski definition) is 3. The summed E-state index contributed by atoms with van der Waals surface area (Å²) in [5.41, 5.74) is 3.15. The van der Waals surface area contributed by atoms with Crippen molar-refractivity contribution >= 4 is 23.0 Å². The third-order valence-electron chi connectivity index (χ3n) is 3.05. The summed E-state index contributed by atoms with van der Waals surface area (Å²) in [6.45, 7) is 6.21. The lowest BCUT2D eigenvalue weighted by Crippen LogP contribution is -1.99. The van der Waals surface area contributed by atoms with Crippen LogP contribution in [0.2, 0.25) is 0 Å². The Morgan fingerprint density at radius 1 is 1.26 bits per heavy atom. The zero-order valence-electron chi connectivity index (χ0n) is 11.2. The molecule has 0 fully saturated rings. The van der Waals surface area contributed by atoms with Gasteiger partial charge in [-0.3, -0.25) is 0 Å². The topological polar surface area (TPSA) is 47.6 Å². The van der Waals surface area contributed by atoms with Gasteiger partial charge in [0.1, 0.15) is 17.7 Å². The summed E-state index contributed by atoms with van der Waals surface area (Å²) < 4.78 is 0. The number of nitrogens with zero attached hydrogens (tertiary/aromatic N) is 2. The van der Waals surface area contributed by atoms with E-state index in [-0.39, 0.29) is 11.5 Å². The molecule has 0 N–H and O–H groups in total. The lowest BCUT2D eigenvalue weighted by atomic mass is 9.90. The van der Waals surface area contributed by atoms with Gasteiger partial charge in [-0.15, -0.1) is 11.3 Å². The molecule has 0 saturated heterocycles. The van der Waals surface area contributed by atoms with Crippen molar-refractivity contribution < 1.29 is 0 Å². The summed E-state index contributed by atoms with van der Waals surface area (Å²) in [6, 6.07) is 6.18. The fourth-order valence-electron chi connectivity index (χ4n) is 2.20. The Kier molecular flexibility index (Phi) is 3.69. The Balaban J connectivity index is 2.81. The second-order valence-corrected chi connectivity index (χ2v) is 6.01. The predicted molar refractivity (Wildman–Crippen MR) is 79.2 cm³/mol. The van der Waals surface area contributed by atoms with Crippen molar-refractivity contribution in [3.8, 4) is 12.1 Å². The molecule has 0 spiro atoms. The largest absolute Gasteiger partial charge is 0.192 e. The van der Waals surface area contributed by atoms with Crippen LogP contribution in [0.5, 0.6) is 0 Å². The van der Waals surface area contributed by atoms with Crippen LogP contribution in [-0.2, 0) is 0 Å². The van der Waals surface area contributed by atoms with E-state index in [0.29, 0.717) is 0 Å². The summed E-state index contributed by atoms with van der Waals surface area (Å²) in [6.07, 6.45) is 6.05. The minimum atomic E-state index is 0.201. The molecule has 2 rings (SSSR count). The molecule has 1 aromatic heterocycles. The number of allylic oxidation sites excluding steroid dienone is 5. The number of thiophene rings is 1. The van der Waals surface area contributed by atoms with Gasteiger partial charge in [0.25, 0.3) is 0 Å². The molecule has 0 atom stereocenters. The van der Waals surface area contributed by atoms with Gasteiger partial charge >= 0.3 is 0 Å². The van der Waals surface area contributed by atoms with Gasteiger partial charge in [-0.1, -0.05) is 32.1 Å². The first-order valence-corrected chi connectivity index (χ1v) is 6.94. The maximum Gasteiger partial charge on any atom is 0.138 e. The van der Waals surface area contributed by atoms with Crippen molar-refractivity contribution in [1.29, 1.82) is 10.5 Å². The molecule has 3 heteroatoms. The summed E-state index contributed by atoms with van der Waals surface area (Å²) >= 11 is 1.64. The van der Waals surface area contributed by atoms with Gasteiger partial charge in [0, 0.05) is 15.3 Å². The summed E-state index contributed by atoms with van der Waals surface area (Å²) in [5.74, 6) is 0.268. The van der Waals surface area contributed by atoms with E-state index in [4.69, 9.17) is 0 Å². The van der Waals surface area contributed by atoms with Gasteiger partial charge in [-0.05, 0) is 30.0 Å². The fraction of sp³-hybridized carbons (Fsp3) is 0.250. The van der Waals surface area contributed by atoms with Crippen LogP contribution < -0.4 is 0 Å². The number of rotatable bonds is 1. The van der Waals surface area contributed by atoms with Gasteiger partial charge in [0.05, 0.1) is 0 Å². The highest BCUT2D eigenvalue weighted by Gasteiger charge is 2.22. The number of hydrogen-bond donors (Lipinski definition) is 0. The van der Waals surface area contributed by atoms with Crippen molar-refractivity contribution in [2.45, 2.75) is 20.8 Å².